The molecule has 0 spiro atoms. The molecule has 0 amide bonds. The van der Waals surface area contributed by atoms with Crippen molar-refractivity contribution in [1.29, 1.82) is 0 Å². The summed E-state index contributed by atoms with van der Waals surface area (Å²) >= 11 is 0. The second-order valence-electron chi connectivity index (χ2n) is 6.44. The zero-order chi connectivity index (χ0) is 15.5. The molecule has 2 N–H and O–H groups in total. The van der Waals surface area contributed by atoms with E-state index in [0.29, 0.717) is 0 Å². The molecule has 4 nitrogen and oxygen atoms in total. The molecule has 1 fully saturated rings. The molecule has 1 aliphatic rings. The van der Waals surface area contributed by atoms with Gasteiger partial charge in [0.2, 0.25) is 0 Å². The van der Waals surface area contributed by atoms with Crippen LogP contribution in [-0.4, -0.2) is 54.6 Å². The van der Waals surface area contributed by atoms with E-state index in [1.807, 2.05) is 26.2 Å². The zero-order valence-corrected chi connectivity index (χ0v) is 13.2. The van der Waals surface area contributed by atoms with E-state index < -0.39 is 5.60 Å². The minimum atomic E-state index is -0.698. The topological polar surface area (TPSA) is 52.9 Å². The van der Waals surface area contributed by atoms with Crippen LogP contribution in [0.5, 0.6) is 5.75 Å². The van der Waals surface area contributed by atoms with E-state index in [2.05, 4.69) is 4.90 Å². The molecule has 1 aromatic rings. The number of aliphatic hydroxyl groups is 1. The molecule has 1 saturated carbocycles. The van der Waals surface area contributed by atoms with Gasteiger partial charge in [0.15, 0.2) is 0 Å². The Morgan fingerprint density at radius 1 is 1.24 bits per heavy atom. The molecule has 0 aliphatic heterocycles. The highest BCUT2D eigenvalue weighted by Crippen LogP contribution is 2.41. The average Bonchev–Trinajstić information content (AvgIpc) is 2.46. The van der Waals surface area contributed by atoms with Gasteiger partial charge in [-0.25, -0.2) is 0 Å². The van der Waals surface area contributed by atoms with Crippen LogP contribution in [0.2, 0.25) is 0 Å². The number of aromatic hydroxyl groups is 1. The van der Waals surface area contributed by atoms with Crippen LogP contribution in [0.3, 0.4) is 0 Å². The molecule has 0 saturated heterocycles. The summed E-state index contributed by atoms with van der Waals surface area (Å²) < 4.78 is 5.41. The van der Waals surface area contributed by atoms with Crippen molar-refractivity contribution in [3.05, 3.63) is 29.8 Å². The van der Waals surface area contributed by atoms with Gasteiger partial charge in [0.1, 0.15) is 5.75 Å². The third kappa shape index (κ3) is 3.96. The monoisotopic (exact) mass is 293 g/mol. The van der Waals surface area contributed by atoms with Crippen LogP contribution in [0, 0.1) is 0 Å². The van der Waals surface area contributed by atoms with Gasteiger partial charge in [-0.3, -0.25) is 0 Å². The Bertz CT molecular complexity index is 436. The predicted octanol–water partition coefficient (Wildman–Crippen LogP) is 2.36. The van der Waals surface area contributed by atoms with Crippen molar-refractivity contribution >= 4 is 0 Å². The molecule has 0 aromatic heterocycles. The number of phenols is 1. The number of likely N-dealkylation sites (N-methyl/N-ethyl adjacent to an activating group) is 1. The van der Waals surface area contributed by atoms with Crippen molar-refractivity contribution in [3.63, 3.8) is 0 Å². The minimum Gasteiger partial charge on any atom is -0.508 e. The second-order valence-corrected chi connectivity index (χ2v) is 6.44. The molecular formula is C17H27NO3. The van der Waals surface area contributed by atoms with Crippen LogP contribution in [0.15, 0.2) is 24.3 Å². The predicted molar refractivity (Wildman–Crippen MR) is 83.6 cm³/mol. The molecule has 0 radical (unpaired) electrons. The molecule has 1 unspecified atom stereocenters. The SMILES string of the molecule is COC1CCC(O)(C(CN(C)C)c2ccc(O)cc2)CC1. The first-order chi connectivity index (χ1) is 9.94. The molecule has 4 heteroatoms. The molecular weight excluding hydrogens is 266 g/mol. The quantitative estimate of drug-likeness (QED) is 0.875. The summed E-state index contributed by atoms with van der Waals surface area (Å²) in [5, 5.41) is 20.6. The molecule has 118 valence electrons. The molecule has 0 heterocycles. The van der Waals surface area contributed by atoms with Crippen LogP contribution in [0.1, 0.15) is 37.2 Å². The van der Waals surface area contributed by atoms with E-state index >= 15 is 0 Å². The van der Waals surface area contributed by atoms with E-state index in [-0.39, 0.29) is 17.8 Å². The van der Waals surface area contributed by atoms with E-state index in [4.69, 9.17) is 4.74 Å². The van der Waals surface area contributed by atoms with Gasteiger partial charge in [0.05, 0.1) is 11.7 Å². The van der Waals surface area contributed by atoms with Crippen molar-refractivity contribution < 1.29 is 14.9 Å². The number of hydrogen-bond acceptors (Lipinski definition) is 4. The van der Waals surface area contributed by atoms with Crippen molar-refractivity contribution in [3.8, 4) is 5.75 Å². The summed E-state index contributed by atoms with van der Waals surface area (Å²) in [4.78, 5) is 2.11. The Balaban J connectivity index is 2.21. The molecule has 0 bridgehead atoms. The lowest BCUT2D eigenvalue weighted by molar-refractivity contribution is -0.0641. The van der Waals surface area contributed by atoms with Gasteiger partial charge in [-0.15, -0.1) is 0 Å². The third-order valence-electron chi connectivity index (χ3n) is 4.62. The summed E-state index contributed by atoms with van der Waals surface area (Å²) in [5.41, 5.74) is 0.385. The van der Waals surface area contributed by atoms with E-state index in [1.54, 1.807) is 19.2 Å². The van der Waals surface area contributed by atoms with Crippen molar-refractivity contribution in [2.75, 3.05) is 27.7 Å². The Morgan fingerprint density at radius 2 is 1.81 bits per heavy atom. The highest BCUT2D eigenvalue weighted by molar-refractivity contribution is 5.30. The maximum atomic E-state index is 11.2. The van der Waals surface area contributed by atoms with Crippen molar-refractivity contribution in [1.82, 2.24) is 4.90 Å². The van der Waals surface area contributed by atoms with Gasteiger partial charge in [-0.05, 0) is 57.5 Å². The molecule has 2 rings (SSSR count). The smallest absolute Gasteiger partial charge is 0.115 e. The average molecular weight is 293 g/mol. The van der Waals surface area contributed by atoms with Gasteiger partial charge in [-0.1, -0.05) is 12.1 Å². The van der Waals surface area contributed by atoms with Gasteiger partial charge < -0.3 is 19.8 Å². The standard InChI is InChI=1S/C17H27NO3/c1-18(2)12-16(13-4-6-14(19)7-5-13)17(20)10-8-15(21-3)9-11-17/h4-7,15-16,19-20H,8-12H2,1-3H3. The summed E-state index contributed by atoms with van der Waals surface area (Å²) in [5.74, 6) is 0.309. The number of hydrogen-bond donors (Lipinski definition) is 2. The fraction of sp³-hybridized carbons (Fsp3) is 0.647. The van der Waals surface area contributed by atoms with Crippen LogP contribution >= 0.6 is 0 Å². The Hall–Kier alpha value is -1.10. The second kappa shape index (κ2) is 6.77. The molecule has 21 heavy (non-hydrogen) atoms. The van der Waals surface area contributed by atoms with Gasteiger partial charge in [0.25, 0.3) is 0 Å². The van der Waals surface area contributed by atoms with Gasteiger partial charge in [-0.2, -0.15) is 0 Å². The number of ether oxygens (including phenoxy) is 1. The lowest BCUT2D eigenvalue weighted by Gasteiger charge is -2.42. The number of methoxy groups -OCH3 is 1. The van der Waals surface area contributed by atoms with E-state index in [0.717, 1.165) is 37.8 Å². The lowest BCUT2D eigenvalue weighted by atomic mass is 9.72. The zero-order valence-electron chi connectivity index (χ0n) is 13.2. The summed E-state index contributed by atoms with van der Waals surface area (Å²) in [7, 11) is 5.79. The summed E-state index contributed by atoms with van der Waals surface area (Å²) in [6, 6.07) is 7.23. The maximum Gasteiger partial charge on any atom is 0.115 e. The first kappa shape index (κ1) is 16.3. The fourth-order valence-electron chi connectivity index (χ4n) is 3.33. The van der Waals surface area contributed by atoms with Crippen LogP contribution in [0.4, 0.5) is 0 Å². The fourth-order valence-corrected chi connectivity index (χ4v) is 3.33. The highest BCUT2D eigenvalue weighted by atomic mass is 16.5. The Labute approximate surface area is 127 Å². The van der Waals surface area contributed by atoms with Crippen LogP contribution < -0.4 is 0 Å². The highest BCUT2D eigenvalue weighted by Gasteiger charge is 2.41. The third-order valence-corrected chi connectivity index (χ3v) is 4.62. The number of nitrogens with zero attached hydrogens (tertiary/aromatic N) is 1. The Morgan fingerprint density at radius 3 is 2.29 bits per heavy atom. The minimum absolute atomic E-state index is 0.0471. The lowest BCUT2D eigenvalue weighted by Crippen LogP contribution is -2.45. The first-order valence-electron chi connectivity index (χ1n) is 7.63. The van der Waals surface area contributed by atoms with Gasteiger partial charge in [0, 0.05) is 19.6 Å². The van der Waals surface area contributed by atoms with E-state index in [1.165, 1.54) is 0 Å². The van der Waals surface area contributed by atoms with Gasteiger partial charge >= 0.3 is 0 Å². The Kier molecular flexibility index (Phi) is 5.25. The van der Waals surface area contributed by atoms with Crippen molar-refractivity contribution in [2.45, 2.75) is 43.3 Å². The van der Waals surface area contributed by atoms with E-state index in [9.17, 15) is 10.2 Å². The normalized spacial score (nSPS) is 27.8. The number of rotatable bonds is 5. The number of phenolic OH excluding ortho intramolecular Hbond substituents is 1. The number of benzene rings is 1. The first-order valence-corrected chi connectivity index (χ1v) is 7.63. The maximum absolute atomic E-state index is 11.2. The molecule has 1 atom stereocenters. The summed E-state index contributed by atoms with van der Waals surface area (Å²) in [6.07, 6.45) is 3.57. The van der Waals surface area contributed by atoms with Crippen LogP contribution in [-0.2, 0) is 4.74 Å². The van der Waals surface area contributed by atoms with Crippen molar-refractivity contribution in [2.24, 2.45) is 0 Å². The molecule has 1 aromatic carbocycles. The molecule has 1 aliphatic carbocycles. The van der Waals surface area contributed by atoms with Crippen LogP contribution in [0.25, 0.3) is 0 Å². The largest absolute Gasteiger partial charge is 0.508 e. The summed E-state index contributed by atoms with van der Waals surface area (Å²) in [6.45, 7) is 0.791.